The summed E-state index contributed by atoms with van der Waals surface area (Å²) in [7, 11) is 0. The van der Waals surface area contributed by atoms with E-state index in [9.17, 15) is 14.4 Å². The lowest BCUT2D eigenvalue weighted by molar-refractivity contribution is -0.127. The lowest BCUT2D eigenvalue weighted by Crippen LogP contribution is -2.30. The zero-order chi connectivity index (χ0) is 20.1. The zero-order valence-corrected chi connectivity index (χ0v) is 16.3. The quantitative estimate of drug-likeness (QED) is 0.732. The average molecular weight is 397 g/mol. The summed E-state index contributed by atoms with van der Waals surface area (Å²) >= 11 is 1.32. The molecule has 0 radical (unpaired) electrons. The molecule has 1 heterocycles. The van der Waals surface area contributed by atoms with Gasteiger partial charge in [-0.25, -0.2) is 0 Å². The zero-order valence-electron chi connectivity index (χ0n) is 15.5. The Hall–Kier alpha value is -3.44. The maximum atomic E-state index is 12.8. The van der Waals surface area contributed by atoms with E-state index in [4.69, 9.17) is 0 Å². The molecule has 1 aliphatic heterocycles. The number of allylic oxidation sites excluding steroid dienone is 4. The minimum atomic E-state index is -0.322. The second-order valence-electron chi connectivity index (χ2n) is 6.91. The van der Waals surface area contributed by atoms with Crippen LogP contribution in [0, 0.1) is 0 Å². The van der Waals surface area contributed by atoms with Gasteiger partial charge in [-0.1, -0.05) is 48.2 Å². The van der Waals surface area contributed by atoms with Gasteiger partial charge >= 0.3 is 0 Å². The molecule has 0 N–H and O–H groups in total. The number of ketones is 2. The highest BCUT2D eigenvalue weighted by Gasteiger charge is 2.31. The predicted octanol–water partition coefficient (Wildman–Crippen LogP) is 2.70. The van der Waals surface area contributed by atoms with Crippen LogP contribution >= 0.6 is 11.8 Å². The normalized spacial score (nSPS) is 18.0. The van der Waals surface area contributed by atoms with Crippen LogP contribution in [0.25, 0.3) is 11.6 Å². The van der Waals surface area contributed by atoms with Gasteiger partial charge in [0.1, 0.15) is 5.70 Å². The third-order valence-electron chi connectivity index (χ3n) is 5.13. The minimum absolute atomic E-state index is 0.135. The molecule has 0 saturated heterocycles. The van der Waals surface area contributed by atoms with Crippen LogP contribution in [0.4, 0.5) is 0 Å². The Labute approximate surface area is 171 Å². The van der Waals surface area contributed by atoms with Gasteiger partial charge < -0.3 is 0 Å². The van der Waals surface area contributed by atoms with Crippen LogP contribution in [0.15, 0.2) is 88.0 Å². The standard InChI is InChI=1S/C24H15NO3S/c1-14(26)25(13-22-24(28)18-8-4-5-9-21(18)29-22)23-19-12-15-6-2-3-7-16(15)17(19)10-11-20(23)27/h2-13H,1H3. The van der Waals surface area contributed by atoms with Crippen LogP contribution in [0.3, 0.4) is 0 Å². The van der Waals surface area contributed by atoms with Gasteiger partial charge in [-0.3, -0.25) is 19.3 Å². The lowest BCUT2D eigenvalue weighted by Gasteiger charge is -2.23. The van der Waals surface area contributed by atoms with Gasteiger partial charge in [0.2, 0.25) is 17.5 Å². The largest absolute Gasteiger partial charge is 0.288 e. The first kappa shape index (κ1) is 17.6. The number of amides is 1. The molecule has 5 rings (SSSR count). The molecule has 140 valence electrons. The Bertz CT molecular complexity index is 1340. The summed E-state index contributed by atoms with van der Waals surface area (Å²) in [5.74, 6) is -0.714. The van der Waals surface area contributed by atoms with E-state index < -0.39 is 0 Å². The van der Waals surface area contributed by atoms with Crippen molar-refractivity contribution in [2.24, 2.45) is 0 Å². The summed E-state index contributed by atoms with van der Waals surface area (Å²) in [6, 6.07) is 15.2. The van der Waals surface area contributed by atoms with Crippen molar-refractivity contribution in [3.63, 3.8) is 0 Å². The third-order valence-corrected chi connectivity index (χ3v) is 6.22. The SMILES string of the molecule is CC(=O)N(C=C1Sc2ccccc2C1=O)C1=C2C=c3ccccc3=C2C=CC1=O. The number of carbonyl (C=O) groups is 3. The molecule has 2 aromatic carbocycles. The van der Waals surface area contributed by atoms with E-state index in [1.165, 1.54) is 35.9 Å². The number of carbonyl (C=O) groups excluding carboxylic acids is 3. The Balaban J connectivity index is 1.67. The molecule has 0 saturated carbocycles. The van der Waals surface area contributed by atoms with Gasteiger partial charge in [-0.15, -0.1) is 0 Å². The van der Waals surface area contributed by atoms with E-state index in [1.54, 1.807) is 12.1 Å². The van der Waals surface area contributed by atoms with Gasteiger partial charge in [0.05, 0.1) is 4.91 Å². The van der Waals surface area contributed by atoms with E-state index in [-0.39, 0.29) is 23.2 Å². The topological polar surface area (TPSA) is 54.5 Å². The molecule has 29 heavy (non-hydrogen) atoms. The van der Waals surface area contributed by atoms with Gasteiger partial charge in [0.25, 0.3) is 0 Å². The van der Waals surface area contributed by atoms with E-state index in [1.807, 2.05) is 48.5 Å². The van der Waals surface area contributed by atoms with E-state index in [0.717, 1.165) is 20.9 Å². The number of benzene rings is 2. The van der Waals surface area contributed by atoms with Crippen LogP contribution in [0.5, 0.6) is 0 Å². The van der Waals surface area contributed by atoms with Crippen molar-refractivity contribution in [3.05, 3.63) is 99.1 Å². The highest BCUT2D eigenvalue weighted by atomic mass is 32.2. The fourth-order valence-corrected chi connectivity index (χ4v) is 4.81. The van der Waals surface area contributed by atoms with Gasteiger partial charge in [-0.05, 0) is 46.4 Å². The molecule has 0 bridgehead atoms. The number of thioether (sulfide) groups is 1. The van der Waals surface area contributed by atoms with Crippen molar-refractivity contribution in [3.8, 4) is 0 Å². The molecule has 3 aliphatic rings. The molecule has 0 aromatic heterocycles. The van der Waals surface area contributed by atoms with Crippen LogP contribution in [-0.4, -0.2) is 22.4 Å². The van der Waals surface area contributed by atoms with Crippen molar-refractivity contribution in [2.45, 2.75) is 11.8 Å². The van der Waals surface area contributed by atoms with Gasteiger partial charge in [0.15, 0.2) is 0 Å². The number of hydrogen-bond donors (Lipinski definition) is 0. The molecule has 0 spiro atoms. The Morgan fingerprint density at radius 1 is 0.966 bits per heavy atom. The van der Waals surface area contributed by atoms with Crippen molar-refractivity contribution in [1.82, 2.24) is 4.90 Å². The van der Waals surface area contributed by atoms with E-state index >= 15 is 0 Å². The van der Waals surface area contributed by atoms with Crippen molar-refractivity contribution >= 4 is 40.9 Å². The molecule has 0 unspecified atom stereocenters. The number of rotatable bonds is 2. The first-order valence-corrected chi connectivity index (χ1v) is 9.97. The Kier molecular flexibility index (Phi) is 4.00. The number of hydrogen-bond acceptors (Lipinski definition) is 4. The second kappa shape index (κ2) is 6.57. The third kappa shape index (κ3) is 2.74. The summed E-state index contributed by atoms with van der Waals surface area (Å²) in [6.07, 6.45) is 6.70. The van der Waals surface area contributed by atoms with Gasteiger partial charge in [0, 0.05) is 29.2 Å². The second-order valence-corrected chi connectivity index (χ2v) is 8.00. The van der Waals surface area contributed by atoms with E-state index in [2.05, 4.69) is 0 Å². The number of fused-ring (bicyclic) bond motifs is 3. The van der Waals surface area contributed by atoms with Crippen LogP contribution in [0.2, 0.25) is 0 Å². The first-order chi connectivity index (χ1) is 14.0. The molecule has 0 fully saturated rings. The lowest BCUT2D eigenvalue weighted by atomic mass is 9.96. The van der Waals surface area contributed by atoms with Crippen LogP contribution in [0.1, 0.15) is 17.3 Å². The summed E-state index contributed by atoms with van der Waals surface area (Å²) in [5.41, 5.74) is 2.52. The van der Waals surface area contributed by atoms with Crippen molar-refractivity contribution < 1.29 is 14.4 Å². The smallest absolute Gasteiger partial charge is 0.228 e. The number of nitrogens with zero attached hydrogens (tertiary/aromatic N) is 1. The molecule has 1 amide bonds. The minimum Gasteiger partial charge on any atom is -0.288 e. The van der Waals surface area contributed by atoms with Crippen LogP contribution in [-0.2, 0) is 9.59 Å². The first-order valence-electron chi connectivity index (χ1n) is 9.16. The molecule has 5 heteroatoms. The summed E-state index contributed by atoms with van der Waals surface area (Å²) in [5, 5.41) is 2.03. The summed E-state index contributed by atoms with van der Waals surface area (Å²) < 4.78 is 0. The summed E-state index contributed by atoms with van der Waals surface area (Å²) in [4.78, 5) is 40.7. The molecule has 4 nitrogen and oxygen atoms in total. The highest BCUT2D eigenvalue weighted by Crippen LogP contribution is 2.40. The maximum Gasteiger partial charge on any atom is 0.228 e. The number of Topliss-reactive ketones (excluding diaryl/α,β-unsaturated/α-hetero) is 1. The Morgan fingerprint density at radius 2 is 1.72 bits per heavy atom. The average Bonchev–Trinajstić information content (AvgIpc) is 3.24. The maximum absolute atomic E-state index is 12.8. The molecule has 2 aromatic rings. The fraction of sp³-hybridized carbons (Fsp3) is 0.0417. The molecule has 0 atom stereocenters. The highest BCUT2D eigenvalue weighted by molar-refractivity contribution is 8.04. The molecule has 2 aliphatic carbocycles. The van der Waals surface area contributed by atoms with Crippen LogP contribution < -0.4 is 10.4 Å². The molecular weight excluding hydrogens is 382 g/mol. The monoisotopic (exact) mass is 397 g/mol. The summed E-state index contributed by atoms with van der Waals surface area (Å²) in [6.45, 7) is 1.40. The molecular formula is C24H15NO3S. The van der Waals surface area contributed by atoms with E-state index in [0.29, 0.717) is 16.0 Å². The Morgan fingerprint density at radius 3 is 2.52 bits per heavy atom. The van der Waals surface area contributed by atoms with Gasteiger partial charge in [-0.2, -0.15) is 0 Å². The predicted molar refractivity (Wildman–Crippen MR) is 112 cm³/mol. The van der Waals surface area contributed by atoms with Crippen molar-refractivity contribution in [1.29, 1.82) is 0 Å². The van der Waals surface area contributed by atoms with Crippen molar-refractivity contribution in [2.75, 3.05) is 0 Å². The fourth-order valence-electron chi connectivity index (χ4n) is 3.80.